The second-order valence-electron chi connectivity index (χ2n) is 5.06. The molecule has 0 N–H and O–H groups in total. The lowest BCUT2D eigenvalue weighted by Gasteiger charge is -2.02. The summed E-state index contributed by atoms with van der Waals surface area (Å²) in [5.41, 5.74) is 0. The number of hydrogen-bond acceptors (Lipinski definition) is 3. The van der Waals surface area contributed by atoms with Crippen molar-refractivity contribution in [1.29, 1.82) is 0 Å². The molecule has 0 aromatic carbocycles. The number of hydrogen-bond donors (Lipinski definition) is 0. The Balaban J connectivity index is 1.79. The molecule has 1 aromatic rings. The predicted molar refractivity (Wildman–Crippen MR) is 84.6 cm³/mol. The smallest absolute Gasteiger partial charge is 0.187 e. The summed E-state index contributed by atoms with van der Waals surface area (Å²) < 4.78 is 0. The number of rotatable bonds is 12. The van der Waals surface area contributed by atoms with E-state index in [-0.39, 0.29) is 0 Å². The molecule has 0 aliphatic rings. The maximum absolute atomic E-state index is 4.21. The van der Waals surface area contributed by atoms with Crippen LogP contribution in [0.4, 0.5) is 0 Å². The van der Waals surface area contributed by atoms with E-state index < -0.39 is 0 Å². The summed E-state index contributed by atoms with van der Waals surface area (Å²) in [5.74, 6) is 1.15. The molecule has 19 heavy (non-hydrogen) atoms. The Morgan fingerprint density at radius 2 is 1.32 bits per heavy atom. The molecule has 0 atom stereocenters. The minimum absolute atomic E-state index is 0.915. The number of thioether (sulfide) groups is 1. The van der Waals surface area contributed by atoms with Gasteiger partial charge in [0.25, 0.3) is 0 Å². The van der Waals surface area contributed by atoms with Gasteiger partial charge in [-0.3, -0.25) is 0 Å². The van der Waals surface area contributed by atoms with Gasteiger partial charge in [-0.25, -0.2) is 9.97 Å². The molecule has 1 rings (SSSR count). The maximum Gasteiger partial charge on any atom is 0.187 e. The topological polar surface area (TPSA) is 25.8 Å². The first kappa shape index (κ1) is 16.5. The summed E-state index contributed by atoms with van der Waals surface area (Å²) >= 11 is 1.78. The van der Waals surface area contributed by atoms with Crippen molar-refractivity contribution in [3.8, 4) is 0 Å². The van der Waals surface area contributed by atoms with Gasteiger partial charge in [0.1, 0.15) is 0 Å². The second kappa shape index (κ2) is 12.5. The van der Waals surface area contributed by atoms with Gasteiger partial charge in [-0.15, -0.1) is 0 Å². The number of unbranched alkanes of at least 4 members (excludes halogenated alkanes) is 9. The second-order valence-corrected chi connectivity index (χ2v) is 6.12. The van der Waals surface area contributed by atoms with Gasteiger partial charge in [-0.1, -0.05) is 76.5 Å². The van der Waals surface area contributed by atoms with Crippen molar-refractivity contribution in [2.75, 3.05) is 5.75 Å². The third kappa shape index (κ3) is 9.94. The summed E-state index contributed by atoms with van der Waals surface area (Å²) in [4.78, 5) is 8.43. The van der Waals surface area contributed by atoms with E-state index in [1.54, 1.807) is 11.8 Å². The fourth-order valence-corrected chi connectivity index (χ4v) is 2.91. The zero-order valence-corrected chi connectivity index (χ0v) is 13.1. The molecule has 0 aliphatic carbocycles. The molecule has 3 heteroatoms. The lowest BCUT2D eigenvalue weighted by molar-refractivity contribution is 0.563. The average molecular weight is 280 g/mol. The molecule has 0 saturated heterocycles. The molecular weight excluding hydrogens is 252 g/mol. The Labute approximate surface area is 122 Å². The van der Waals surface area contributed by atoms with Gasteiger partial charge in [0.15, 0.2) is 5.16 Å². The summed E-state index contributed by atoms with van der Waals surface area (Å²) in [6.07, 6.45) is 17.6. The summed E-state index contributed by atoms with van der Waals surface area (Å²) in [5, 5.41) is 0.915. The van der Waals surface area contributed by atoms with Crippen LogP contribution in [0.15, 0.2) is 23.6 Å². The van der Waals surface area contributed by atoms with Crippen LogP contribution in [-0.4, -0.2) is 15.7 Å². The van der Waals surface area contributed by atoms with Crippen molar-refractivity contribution in [2.24, 2.45) is 0 Å². The maximum atomic E-state index is 4.21. The standard InChI is InChI=1S/C16H28N2S/c1-2-3-4-5-6-7-8-9-10-11-15-19-16-17-13-12-14-18-16/h12-14H,2-11,15H2,1H3. The first-order valence-corrected chi connectivity index (χ1v) is 8.82. The molecule has 1 heterocycles. The Morgan fingerprint density at radius 1 is 0.789 bits per heavy atom. The molecule has 0 spiro atoms. The monoisotopic (exact) mass is 280 g/mol. The largest absolute Gasteiger partial charge is 0.231 e. The van der Waals surface area contributed by atoms with E-state index in [2.05, 4.69) is 16.9 Å². The lowest BCUT2D eigenvalue weighted by atomic mass is 10.1. The van der Waals surface area contributed by atoms with Crippen molar-refractivity contribution >= 4 is 11.8 Å². The van der Waals surface area contributed by atoms with Gasteiger partial charge >= 0.3 is 0 Å². The molecule has 0 amide bonds. The Bertz CT molecular complexity index is 290. The highest BCUT2D eigenvalue weighted by molar-refractivity contribution is 7.99. The van der Waals surface area contributed by atoms with Crippen LogP contribution in [0.5, 0.6) is 0 Å². The summed E-state index contributed by atoms with van der Waals surface area (Å²) in [6, 6.07) is 1.87. The van der Waals surface area contributed by atoms with E-state index in [9.17, 15) is 0 Å². The summed E-state index contributed by atoms with van der Waals surface area (Å²) in [6.45, 7) is 2.28. The molecule has 0 unspecified atom stereocenters. The van der Waals surface area contributed by atoms with Crippen LogP contribution in [0.25, 0.3) is 0 Å². The lowest BCUT2D eigenvalue weighted by Crippen LogP contribution is -1.87. The van der Waals surface area contributed by atoms with E-state index in [1.807, 2.05) is 18.5 Å². The van der Waals surface area contributed by atoms with Crippen LogP contribution in [0, 0.1) is 0 Å². The van der Waals surface area contributed by atoms with E-state index in [4.69, 9.17) is 0 Å². The van der Waals surface area contributed by atoms with Crippen LogP contribution in [-0.2, 0) is 0 Å². The predicted octanol–water partition coefficient (Wildman–Crippen LogP) is 5.49. The van der Waals surface area contributed by atoms with Crippen LogP contribution in [0.1, 0.15) is 71.1 Å². The van der Waals surface area contributed by atoms with Gasteiger partial charge in [0.2, 0.25) is 0 Å². The van der Waals surface area contributed by atoms with Crippen molar-refractivity contribution in [2.45, 2.75) is 76.3 Å². The van der Waals surface area contributed by atoms with E-state index >= 15 is 0 Å². The zero-order valence-electron chi connectivity index (χ0n) is 12.3. The highest BCUT2D eigenvalue weighted by Crippen LogP contribution is 2.15. The summed E-state index contributed by atoms with van der Waals surface area (Å²) in [7, 11) is 0. The van der Waals surface area contributed by atoms with Gasteiger partial charge in [0.05, 0.1) is 0 Å². The Morgan fingerprint density at radius 3 is 1.89 bits per heavy atom. The fraction of sp³-hybridized carbons (Fsp3) is 0.750. The highest BCUT2D eigenvalue weighted by Gasteiger charge is 1.96. The van der Waals surface area contributed by atoms with Crippen molar-refractivity contribution < 1.29 is 0 Å². The molecule has 0 bridgehead atoms. The molecule has 0 saturated carbocycles. The molecule has 108 valence electrons. The highest BCUT2D eigenvalue weighted by atomic mass is 32.2. The third-order valence-corrected chi connectivity index (χ3v) is 4.23. The Hall–Kier alpha value is -0.570. The van der Waals surface area contributed by atoms with E-state index in [1.165, 1.54) is 64.2 Å². The molecule has 0 aliphatic heterocycles. The van der Waals surface area contributed by atoms with Gasteiger partial charge in [-0.2, -0.15) is 0 Å². The molecular formula is C16H28N2S. The van der Waals surface area contributed by atoms with E-state index in [0.717, 1.165) is 10.9 Å². The van der Waals surface area contributed by atoms with Crippen molar-refractivity contribution in [3.63, 3.8) is 0 Å². The van der Waals surface area contributed by atoms with Crippen LogP contribution < -0.4 is 0 Å². The normalized spacial score (nSPS) is 10.8. The number of aromatic nitrogens is 2. The van der Waals surface area contributed by atoms with Gasteiger partial charge in [-0.05, 0) is 12.5 Å². The number of nitrogens with zero attached hydrogens (tertiary/aromatic N) is 2. The van der Waals surface area contributed by atoms with Crippen molar-refractivity contribution in [3.05, 3.63) is 18.5 Å². The van der Waals surface area contributed by atoms with Gasteiger partial charge in [0, 0.05) is 18.1 Å². The third-order valence-electron chi connectivity index (χ3n) is 3.27. The molecule has 0 radical (unpaired) electrons. The van der Waals surface area contributed by atoms with Crippen LogP contribution in [0.3, 0.4) is 0 Å². The molecule has 2 nitrogen and oxygen atoms in total. The van der Waals surface area contributed by atoms with E-state index in [0.29, 0.717) is 0 Å². The minimum Gasteiger partial charge on any atom is -0.231 e. The first-order valence-electron chi connectivity index (χ1n) is 7.83. The van der Waals surface area contributed by atoms with Crippen molar-refractivity contribution in [1.82, 2.24) is 9.97 Å². The fourth-order valence-electron chi connectivity index (χ4n) is 2.11. The quantitative estimate of drug-likeness (QED) is 0.287. The minimum atomic E-state index is 0.915. The van der Waals surface area contributed by atoms with Gasteiger partial charge < -0.3 is 0 Å². The molecule has 1 aromatic heterocycles. The van der Waals surface area contributed by atoms with Crippen LogP contribution in [0.2, 0.25) is 0 Å². The molecule has 0 fully saturated rings. The van der Waals surface area contributed by atoms with Crippen LogP contribution >= 0.6 is 11.8 Å². The first-order chi connectivity index (χ1) is 9.43. The Kier molecular flexibility index (Phi) is 10.8. The zero-order chi connectivity index (χ0) is 13.6. The average Bonchev–Trinajstić information content (AvgIpc) is 2.46. The SMILES string of the molecule is CCCCCCCCCCCCSc1ncccn1.